The Bertz CT molecular complexity index is 1070. The van der Waals surface area contributed by atoms with Crippen molar-refractivity contribution in [3.63, 3.8) is 0 Å². The normalized spacial score (nSPS) is 10.3. The second-order valence-electron chi connectivity index (χ2n) is 6.11. The standard InChI is InChI=1S/C21H16Cl3N3O2S/c1-29-19-7-2-12(20(28)25-16-5-3-13(22)4-6-16)8-18(19)27-21(30)26-17-10-14(23)9-15(24)11-17/h2-11H,1H3,(H,25,28)(H2,26,27,30). The van der Waals surface area contributed by atoms with Crippen LogP contribution in [0.2, 0.25) is 15.1 Å². The summed E-state index contributed by atoms with van der Waals surface area (Å²) in [5, 5.41) is 10.7. The van der Waals surface area contributed by atoms with E-state index in [2.05, 4.69) is 16.0 Å². The van der Waals surface area contributed by atoms with E-state index < -0.39 is 0 Å². The van der Waals surface area contributed by atoms with Gasteiger partial charge in [0.25, 0.3) is 5.91 Å². The highest BCUT2D eigenvalue weighted by Gasteiger charge is 2.12. The van der Waals surface area contributed by atoms with Crippen LogP contribution in [0.15, 0.2) is 60.7 Å². The van der Waals surface area contributed by atoms with Gasteiger partial charge < -0.3 is 20.7 Å². The highest BCUT2D eigenvalue weighted by Crippen LogP contribution is 2.27. The molecule has 0 aromatic heterocycles. The van der Waals surface area contributed by atoms with E-state index in [-0.39, 0.29) is 11.0 Å². The van der Waals surface area contributed by atoms with Crippen molar-refractivity contribution in [3.8, 4) is 5.75 Å². The third-order valence-corrected chi connectivity index (χ3v) is 4.82. The molecule has 0 radical (unpaired) electrons. The molecule has 0 aliphatic heterocycles. The van der Waals surface area contributed by atoms with E-state index in [0.717, 1.165) is 0 Å². The lowest BCUT2D eigenvalue weighted by molar-refractivity contribution is 0.102. The maximum atomic E-state index is 12.6. The predicted molar refractivity (Wildman–Crippen MR) is 129 cm³/mol. The Kier molecular flexibility index (Phi) is 7.39. The third kappa shape index (κ3) is 6.00. The molecule has 0 aliphatic carbocycles. The minimum Gasteiger partial charge on any atom is -0.495 e. The van der Waals surface area contributed by atoms with Crippen LogP contribution < -0.4 is 20.7 Å². The van der Waals surface area contributed by atoms with E-state index in [1.54, 1.807) is 60.7 Å². The quantitative estimate of drug-likeness (QED) is 0.354. The molecule has 0 aliphatic rings. The molecule has 9 heteroatoms. The lowest BCUT2D eigenvalue weighted by Crippen LogP contribution is -2.20. The zero-order valence-corrected chi connectivity index (χ0v) is 18.7. The lowest BCUT2D eigenvalue weighted by Gasteiger charge is -2.15. The summed E-state index contributed by atoms with van der Waals surface area (Å²) >= 11 is 23.3. The third-order valence-electron chi connectivity index (χ3n) is 3.93. The monoisotopic (exact) mass is 479 g/mol. The molecular weight excluding hydrogens is 465 g/mol. The second kappa shape index (κ2) is 10.00. The largest absolute Gasteiger partial charge is 0.495 e. The number of halogens is 3. The lowest BCUT2D eigenvalue weighted by atomic mass is 10.1. The number of nitrogens with one attached hydrogen (secondary N) is 3. The summed E-state index contributed by atoms with van der Waals surface area (Å²) in [4.78, 5) is 12.6. The van der Waals surface area contributed by atoms with Crippen LogP contribution in [0.5, 0.6) is 5.75 Å². The van der Waals surface area contributed by atoms with Gasteiger partial charge in [0.15, 0.2) is 5.11 Å². The zero-order chi connectivity index (χ0) is 21.7. The van der Waals surface area contributed by atoms with Gasteiger partial charge in [-0.15, -0.1) is 0 Å². The van der Waals surface area contributed by atoms with Gasteiger partial charge >= 0.3 is 0 Å². The predicted octanol–water partition coefficient (Wildman–Crippen LogP) is 6.72. The molecule has 5 nitrogen and oxygen atoms in total. The molecule has 3 aromatic carbocycles. The number of thiocarbonyl (C=S) groups is 1. The summed E-state index contributed by atoms with van der Waals surface area (Å²) in [5.41, 5.74) is 2.19. The number of benzene rings is 3. The summed E-state index contributed by atoms with van der Waals surface area (Å²) in [7, 11) is 1.53. The van der Waals surface area contributed by atoms with Crippen LogP contribution in [0.1, 0.15) is 10.4 Å². The molecule has 30 heavy (non-hydrogen) atoms. The number of carbonyl (C=O) groups is 1. The maximum absolute atomic E-state index is 12.6. The molecule has 154 valence electrons. The van der Waals surface area contributed by atoms with Crippen molar-refractivity contribution in [2.24, 2.45) is 0 Å². The van der Waals surface area contributed by atoms with Crippen LogP contribution in [0, 0.1) is 0 Å². The van der Waals surface area contributed by atoms with Crippen molar-refractivity contribution in [3.05, 3.63) is 81.3 Å². The first-order chi connectivity index (χ1) is 14.3. The van der Waals surface area contributed by atoms with Gasteiger partial charge in [-0.2, -0.15) is 0 Å². The number of hydrogen-bond acceptors (Lipinski definition) is 3. The fraction of sp³-hybridized carbons (Fsp3) is 0.0476. The van der Waals surface area contributed by atoms with E-state index in [9.17, 15) is 4.79 Å². The summed E-state index contributed by atoms with van der Waals surface area (Å²) in [5.74, 6) is 0.231. The minimum atomic E-state index is -0.288. The van der Waals surface area contributed by atoms with Crippen molar-refractivity contribution in [1.82, 2.24) is 0 Å². The smallest absolute Gasteiger partial charge is 0.255 e. The number of amides is 1. The van der Waals surface area contributed by atoms with Gasteiger partial charge in [0.05, 0.1) is 12.8 Å². The van der Waals surface area contributed by atoms with Gasteiger partial charge in [0.2, 0.25) is 0 Å². The first-order valence-corrected chi connectivity index (χ1v) is 10.2. The van der Waals surface area contributed by atoms with Crippen LogP contribution in [-0.2, 0) is 0 Å². The molecule has 0 heterocycles. The highest BCUT2D eigenvalue weighted by molar-refractivity contribution is 7.80. The second-order valence-corrected chi connectivity index (χ2v) is 7.83. The molecule has 0 bridgehead atoms. The SMILES string of the molecule is COc1ccc(C(=O)Nc2ccc(Cl)cc2)cc1NC(=S)Nc1cc(Cl)cc(Cl)c1. The van der Waals surface area contributed by atoms with Gasteiger partial charge in [0, 0.05) is 32.0 Å². The summed E-state index contributed by atoms with van der Waals surface area (Å²) in [6.45, 7) is 0. The van der Waals surface area contributed by atoms with Gasteiger partial charge in [-0.05, 0) is 72.9 Å². The van der Waals surface area contributed by atoms with E-state index in [0.29, 0.717) is 43.4 Å². The number of hydrogen-bond donors (Lipinski definition) is 3. The Hall–Kier alpha value is -2.51. The number of rotatable bonds is 5. The molecule has 3 N–H and O–H groups in total. The Balaban J connectivity index is 1.75. The van der Waals surface area contributed by atoms with Crippen LogP contribution in [-0.4, -0.2) is 18.1 Å². The van der Waals surface area contributed by atoms with E-state index >= 15 is 0 Å². The molecule has 0 atom stereocenters. The Morgan fingerprint density at radius 3 is 2.10 bits per heavy atom. The fourth-order valence-electron chi connectivity index (χ4n) is 2.59. The molecule has 0 unspecified atom stereocenters. The molecule has 0 saturated heterocycles. The van der Waals surface area contributed by atoms with Gasteiger partial charge in [-0.25, -0.2) is 0 Å². The molecule has 1 amide bonds. The van der Waals surface area contributed by atoms with Gasteiger partial charge in [0.1, 0.15) is 5.75 Å². The van der Waals surface area contributed by atoms with Crippen LogP contribution in [0.4, 0.5) is 17.1 Å². The van der Waals surface area contributed by atoms with E-state index in [1.807, 2.05) is 0 Å². The number of ether oxygens (including phenoxy) is 1. The van der Waals surface area contributed by atoms with Crippen LogP contribution in [0.25, 0.3) is 0 Å². The Morgan fingerprint density at radius 1 is 0.800 bits per heavy atom. The topological polar surface area (TPSA) is 62.4 Å². The summed E-state index contributed by atoms with van der Waals surface area (Å²) < 4.78 is 5.36. The first-order valence-electron chi connectivity index (χ1n) is 8.63. The Labute approximate surface area is 194 Å². The molecule has 0 spiro atoms. The number of methoxy groups -OCH3 is 1. The van der Waals surface area contributed by atoms with Gasteiger partial charge in [-0.1, -0.05) is 34.8 Å². The average Bonchev–Trinajstić information content (AvgIpc) is 2.68. The molecule has 3 aromatic rings. The van der Waals surface area contributed by atoms with Gasteiger partial charge in [-0.3, -0.25) is 4.79 Å². The van der Waals surface area contributed by atoms with E-state index in [1.165, 1.54) is 7.11 Å². The molecule has 0 fully saturated rings. The van der Waals surface area contributed by atoms with Crippen LogP contribution >= 0.6 is 47.0 Å². The summed E-state index contributed by atoms with van der Waals surface area (Å²) in [6, 6.07) is 16.8. The zero-order valence-electron chi connectivity index (χ0n) is 15.6. The Morgan fingerprint density at radius 2 is 1.47 bits per heavy atom. The number of anilines is 3. The molecule has 0 saturated carbocycles. The van der Waals surface area contributed by atoms with Crippen molar-refractivity contribution in [2.75, 3.05) is 23.1 Å². The fourth-order valence-corrected chi connectivity index (χ4v) is 3.47. The van der Waals surface area contributed by atoms with Crippen molar-refractivity contribution >= 4 is 75.1 Å². The molecular formula is C21H16Cl3N3O2S. The number of carbonyl (C=O) groups excluding carboxylic acids is 1. The van der Waals surface area contributed by atoms with Crippen molar-refractivity contribution in [1.29, 1.82) is 0 Å². The molecule has 3 rings (SSSR count). The van der Waals surface area contributed by atoms with Crippen molar-refractivity contribution < 1.29 is 9.53 Å². The van der Waals surface area contributed by atoms with Crippen LogP contribution in [0.3, 0.4) is 0 Å². The minimum absolute atomic E-state index is 0.280. The first kappa shape index (κ1) is 22.2. The average molecular weight is 481 g/mol. The maximum Gasteiger partial charge on any atom is 0.255 e. The van der Waals surface area contributed by atoms with E-state index in [4.69, 9.17) is 51.8 Å². The van der Waals surface area contributed by atoms with Crippen molar-refractivity contribution in [2.45, 2.75) is 0 Å². The summed E-state index contributed by atoms with van der Waals surface area (Å²) in [6.07, 6.45) is 0. The highest BCUT2D eigenvalue weighted by atomic mass is 35.5.